The molecule has 4 atom stereocenters. The van der Waals surface area contributed by atoms with Gasteiger partial charge in [0.05, 0.1) is 19.3 Å². The molecule has 8 nitrogen and oxygen atoms in total. The molecule has 0 radical (unpaired) electrons. The van der Waals surface area contributed by atoms with Crippen molar-refractivity contribution < 1.29 is 32.8 Å². The maximum absolute atomic E-state index is 12.7. The largest absolute Gasteiger partial charge is 0.456 e. The Morgan fingerprint density at radius 2 is 1.71 bits per heavy atom. The molecule has 4 aliphatic rings. The highest BCUT2D eigenvalue weighted by Gasteiger charge is 2.53. The number of aliphatic hydroxyl groups is 2. The number of likely N-dealkylation sites (tertiary alicyclic amines) is 1. The number of nitrogens with one attached hydrogen (secondary N) is 1. The van der Waals surface area contributed by atoms with Crippen LogP contribution in [-0.2, 0) is 15.5 Å². The van der Waals surface area contributed by atoms with Crippen molar-refractivity contribution in [3.8, 4) is 5.75 Å². The number of quaternary nitrogens is 1. The Morgan fingerprint density at radius 3 is 2.38 bits per heavy atom. The minimum Gasteiger partial charge on any atom is -0.456 e. The summed E-state index contributed by atoms with van der Waals surface area (Å²) in [7, 11) is -4.53. The first-order chi connectivity index (χ1) is 19.7. The summed E-state index contributed by atoms with van der Waals surface area (Å²) in [5, 5.41) is 19.7. The van der Waals surface area contributed by atoms with Crippen molar-refractivity contribution in [3.63, 3.8) is 0 Å². The van der Waals surface area contributed by atoms with E-state index in [4.69, 9.17) is 4.74 Å². The van der Waals surface area contributed by atoms with E-state index in [1.807, 2.05) is 6.07 Å². The quantitative estimate of drug-likeness (QED) is 0.381. The summed E-state index contributed by atoms with van der Waals surface area (Å²) < 4.78 is 42.3. The summed E-state index contributed by atoms with van der Waals surface area (Å²) in [6.45, 7) is 14.3. The molecule has 1 aliphatic carbocycles. The van der Waals surface area contributed by atoms with Gasteiger partial charge in [0.25, 0.3) is 10.1 Å². The van der Waals surface area contributed by atoms with Gasteiger partial charge in [0.15, 0.2) is 0 Å². The van der Waals surface area contributed by atoms with Gasteiger partial charge in [-0.1, -0.05) is 45.9 Å². The van der Waals surface area contributed by atoms with Crippen molar-refractivity contribution in [1.29, 1.82) is 0 Å². The summed E-state index contributed by atoms with van der Waals surface area (Å²) in [5.74, 6) is 1.23. The molecular weight excluding hydrogens is 552 g/mol. The zero-order chi connectivity index (χ0) is 30.4. The molecule has 2 aromatic rings. The van der Waals surface area contributed by atoms with E-state index in [2.05, 4.69) is 64.7 Å². The topological polar surface area (TPSA) is 112 Å². The van der Waals surface area contributed by atoms with Crippen molar-refractivity contribution in [3.05, 3.63) is 82.1 Å². The van der Waals surface area contributed by atoms with Crippen LogP contribution in [0.1, 0.15) is 58.2 Å². The van der Waals surface area contributed by atoms with Crippen LogP contribution >= 0.6 is 0 Å². The highest BCUT2D eigenvalue weighted by Crippen LogP contribution is 2.53. The fraction of sp³-hybridized carbons (Fsp3) is 0.455. The number of aliphatic hydroxyl groups excluding tert-OH is 2. The molecule has 0 aromatic heterocycles. The molecule has 2 aromatic carbocycles. The predicted molar refractivity (Wildman–Crippen MR) is 162 cm³/mol. The molecule has 0 saturated carbocycles. The normalized spacial score (nSPS) is 27.0. The van der Waals surface area contributed by atoms with Crippen LogP contribution in [0.3, 0.4) is 0 Å². The first kappa shape index (κ1) is 29.1. The van der Waals surface area contributed by atoms with Crippen LogP contribution in [0.4, 0.5) is 5.69 Å². The third kappa shape index (κ3) is 4.12. The average molecular weight is 594 g/mol. The van der Waals surface area contributed by atoms with Gasteiger partial charge in [-0.05, 0) is 37.6 Å². The monoisotopic (exact) mass is 593 g/mol. The van der Waals surface area contributed by atoms with Gasteiger partial charge in [0, 0.05) is 69.1 Å². The second kappa shape index (κ2) is 9.79. The molecule has 3 heterocycles. The number of anilines is 1. The smallest absolute Gasteiger partial charge is 0.295 e. The Labute approximate surface area is 248 Å². The van der Waals surface area contributed by atoms with Crippen molar-refractivity contribution in [2.45, 2.75) is 70.0 Å². The fourth-order valence-corrected chi connectivity index (χ4v) is 8.31. The summed E-state index contributed by atoms with van der Waals surface area (Å²) in [6.07, 6.45) is 4.27. The first-order valence-corrected chi connectivity index (χ1v) is 16.1. The molecule has 6 rings (SSSR count). The van der Waals surface area contributed by atoms with Gasteiger partial charge >= 0.3 is 0 Å². The zero-order valence-corrected chi connectivity index (χ0v) is 25.9. The minimum atomic E-state index is -4.53. The number of ether oxygens (including phenoxy) is 1. The number of fused-ring (bicyclic) bond motifs is 4. The van der Waals surface area contributed by atoms with E-state index in [0.29, 0.717) is 35.7 Å². The Kier molecular flexibility index (Phi) is 6.79. The van der Waals surface area contributed by atoms with Gasteiger partial charge < -0.3 is 24.7 Å². The van der Waals surface area contributed by atoms with Crippen LogP contribution in [0.5, 0.6) is 5.75 Å². The number of rotatable bonds is 6. The third-order valence-corrected chi connectivity index (χ3v) is 11.5. The Hall–Kier alpha value is -2.95. The van der Waals surface area contributed by atoms with E-state index in [-0.39, 0.29) is 47.1 Å². The van der Waals surface area contributed by atoms with Crippen LogP contribution in [0, 0.1) is 5.41 Å². The molecule has 224 valence electrons. The number of allylic oxidation sites excluding steroid dienone is 1. The molecule has 4 unspecified atom stereocenters. The lowest BCUT2D eigenvalue weighted by molar-refractivity contribution is -0.929. The average Bonchev–Trinajstić information content (AvgIpc) is 3.23. The standard InChI is InChI=1S/C33H40N2O6S/c1-19-32(3,4)24-15-22-28(17-26(24)34(19)11-13-36)41-29-18-27-25(33(5,6)20(2)35(27)12-14-37)16-23(29)31(22)21-9-7-8-10-30(21)42(38,39)40/h7-10,15-20,26,36-37H,11-14H2,1-6H3,(H,38,39,40)/p+1. The minimum absolute atomic E-state index is 0.000196. The molecule has 4 N–H and O–H groups in total. The second-order valence-electron chi connectivity index (χ2n) is 13.1. The van der Waals surface area contributed by atoms with Crippen LogP contribution in [0.2, 0.25) is 0 Å². The molecule has 0 amide bonds. The molecule has 9 heteroatoms. The van der Waals surface area contributed by atoms with E-state index in [1.165, 1.54) is 16.5 Å². The van der Waals surface area contributed by atoms with Crippen molar-refractivity contribution in [2.24, 2.45) is 5.41 Å². The first-order valence-electron chi connectivity index (χ1n) is 14.7. The van der Waals surface area contributed by atoms with Gasteiger partial charge in [0.1, 0.15) is 29.0 Å². The molecule has 0 bridgehead atoms. The Morgan fingerprint density at radius 1 is 1.00 bits per heavy atom. The lowest BCUT2D eigenvalue weighted by Crippen LogP contribution is -3.17. The summed E-state index contributed by atoms with van der Waals surface area (Å²) in [6, 6.07) is 11.0. The molecule has 42 heavy (non-hydrogen) atoms. The molecular formula is C33H41N2O6S+. The maximum atomic E-state index is 12.7. The zero-order valence-electron chi connectivity index (χ0n) is 25.1. The van der Waals surface area contributed by atoms with Gasteiger partial charge in [-0.15, -0.1) is 0 Å². The van der Waals surface area contributed by atoms with E-state index in [1.54, 1.807) is 18.2 Å². The lowest BCUT2D eigenvalue weighted by atomic mass is 9.75. The molecule has 3 aliphatic heterocycles. The van der Waals surface area contributed by atoms with Crippen LogP contribution in [0.25, 0.3) is 5.57 Å². The number of hydrogen-bond donors (Lipinski definition) is 4. The van der Waals surface area contributed by atoms with Gasteiger partial charge in [-0.25, -0.2) is 0 Å². The number of nitrogens with zero attached hydrogens (tertiary/aromatic N) is 1. The van der Waals surface area contributed by atoms with Crippen LogP contribution in [-0.4, -0.2) is 67.6 Å². The number of β-amino-alcohol motifs (C(OH)–C–C–N with tert-alkyl or cyclic N) is 1. The highest BCUT2D eigenvalue weighted by molar-refractivity contribution is 7.86. The third-order valence-electron chi connectivity index (χ3n) is 10.5. The lowest BCUT2D eigenvalue weighted by Gasteiger charge is -2.32. The van der Waals surface area contributed by atoms with Crippen molar-refractivity contribution in [2.75, 3.05) is 31.2 Å². The van der Waals surface area contributed by atoms with Gasteiger partial charge in [-0.3, -0.25) is 4.55 Å². The van der Waals surface area contributed by atoms with Crippen molar-refractivity contribution in [1.82, 2.24) is 0 Å². The highest BCUT2D eigenvalue weighted by atomic mass is 32.2. The van der Waals surface area contributed by atoms with Gasteiger partial charge in [0.2, 0.25) is 0 Å². The summed E-state index contributed by atoms with van der Waals surface area (Å²) in [5.41, 5.74) is 5.52. The Bertz CT molecular complexity index is 1670. The molecule has 0 spiro atoms. The predicted octanol–water partition coefficient (Wildman–Crippen LogP) is 3.10. The van der Waals surface area contributed by atoms with Gasteiger partial charge in [-0.2, -0.15) is 8.42 Å². The SMILES string of the molecule is CC1[NH+](CCO)C2C=C3Oc4cc5c(cc4C(c4ccccc4S(=O)(=O)O)=C3C=C2C1(C)C)C(C)(C)C(C)N5CCO. The second-order valence-corrected chi connectivity index (χ2v) is 14.5. The van der Waals surface area contributed by atoms with Crippen LogP contribution in [0.15, 0.2) is 70.4 Å². The molecule has 1 fully saturated rings. The van der Waals surface area contributed by atoms with E-state index in [0.717, 1.165) is 22.4 Å². The van der Waals surface area contributed by atoms with E-state index >= 15 is 0 Å². The Balaban J connectivity index is 1.67. The summed E-state index contributed by atoms with van der Waals surface area (Å²) >= 11 is 0. The molecule has 1 saturated heterocycles. The number of hydrogen-bond acceptors (Lipinski definition) is 6. The van der Waals surface area contributed by atoms with Crippen LogP contribution < -0.4 is 14.5 Å². The fourth-order valence-electron chi connectivity index (χ4n) is 7.61. The number of benzene rings is 2. The maximum Gasteiger partial charge on any atom is 0.295 e. The van der Waals surface area contributed by atoms with E-state index in [9.17, 15) is 23.2 Å². The summed E-state index contributed by atoms with van der Waals surface area (Å²) in [4.78, 5) is 3.31. The van der Waals surface area contributed by atoms with Crippen molar-refractivity contribution >= 4 is 21.4 Å². The van der Waals surface area contributed by atoms with E-state index < -0.39 is 10.1 Å².